The molecule has 0 bridgehead atoms. The molecule has 7 nitrogen and oxygen atoms in total. The molecule has 1 aliphatic heterocycles. The van der Waals surface area contributed by atoms with E-state index in [0.29, 0.717) is 47.8 Å². The standard InChI is InChI=1S/C30H28N4O3S/c1-22(29-31-27-16-8-7-15-26(27)30(35)34(29)24-12-3-2-4-13-24)32-18-20-33(21-19-32)38(36,37)28-17-9-11-23-10-5-6-14-25(23)28/h2-17,22H,18-21H2,1H3. The van der Waals surface area contributed by atoms with E-state index < -0.39 is 10.0 Å². The SMILES string of the molecule is CC(c1nc2ccccc2c(=O)n1-c1ccccc1)N1CCN(S(=O)(=O)c2cccc3ccccc23)CC1. The fourth-order valence-electron chi connectivity index (χ4n) is 5.31. The maximum atomic E-state index is 13.6. The van der Waals surface area contributed by atoms with E-state index in [9.17, 15) is 13.2 Å². The Kier molecular flexibility index (Phi) is 6.31. The van der Waals surface area contributed by atoms with Crippen molar-refractivity contribution in [1.82, 2.24) is 18.8 Å². The number of hydrogen-bond acceptors (Lipinski definition) is 5. The van der Waals surface area contributed by atoms with E-state index >= 15 is 0 Å². The van der Waals surface area contributed by atoms with Gasteiger partial charge in [0.1, 0.15) is 5.82 Å². The Labute approximate surface area is 221 Å². The normalized spacial score (nSPS) is 16.1. The molecule has 0 spiro atoms. The van der Waals surface area contributed by atoms with Crippen molar-refractivity contribution in [3.8, 4) is 5.69 Å². The summed E-state index contributed by atoms with van der Waals surface area (Å²) in [6.45, 7) is 3.81. The predicted molar refractivity (Wildman–Crippen MR) is 150 cm³/mol. The van der Waals surface area contributed by atoms with Gasteiger partial charge in [0.15, 0.2) is 0 Å². The van der Waals surface area contributed by atoms with Gasteiger partial charge in [-0.15, -0.1) is 0 Å². The summed E-state index contributed by atoms with van der Waals surface area (Å²) in [7, 11) is -3.65. The van der Waals surface area contributed by atoms with Crippen LogP contribution >= 0.6 is 0 Å². The van der Waals surface area contributed by atoms with Crippen LogP contribution in [0.2, 0.25) is 0 Å². The molecule has 0 aliphatic carbocycles. The molecule has 1 fully saturated rings. The summed E-state index contributed by atoms with van der Waals surface area (Å²) in [6.07, 6.45) is 0. The van der Waals surface area contributed by atoms with Crippen LogP contribution < -0.4 is 5.56 Å². The van der Waals surface area contributed by atoms with E-state index in [-0.39, 0.29) is 11.6 Å². The molecule has 1 aromatic heterocycles. The van der Waals surface area contributed by atoms with Gasteiger partial charge in [-0.25, -0.2) is 13.4 Å². The number of fused-ring (bicyclic) bond motifs is 2. The number of para-hydroxylation sites is 2. The van der Waals surface area contributed by atoms with Gasteiger partial charge >= 0.3 is 0 Å². The van der Waals surface area contributed by atoms with Gasteiger partial charge in [-0.05, 0) is 42.6 Å². The van der Waals surface area contributed by atoms with E-state index in [4.69, 9.17) is 4.98 Å². The lowest BCUT2D eigenvalue weighted by Gasteiger charge is -2.37. The topological polar surface area (TPSA) is 75.5 Å². The third kappa shape index (κ3) is 4.20. The van der Waals surface area contributed by atoms with E-state index in [0.717, 1.165) is 16.5 Å². The lowest BCUT2D eigenvalue weighted by molar-refractivity contribution is 0.140. The van der Waals surface area contributed by atoms with Crippen LogP contribution in [0.5, 0.6) is 0 Å². The summed E-state index contributed by atoms with van der Waals surface area (Å²) in [4.78, 5) is 21.1. The van der Waals surface area contributed by atoms with Gasteiger partial charge in [0.05, 0.1) is 27.5 Å². The van der Waals surface area contributed by atoms with Crippen molar-refractivity contribution in [2.75, 3.05) is 26.2 Å². The van der Waals surface area contributed by atoms with Gasteiger partial charge in [0, 0.05) is 31.6 Å². The molecule has 5 aromatic rings. The molecule has 0 saturated carbocycles. The summed E-state index contributed by atoms with van der Waals surface area (Å²) >= 11 is 0. The van der Waals surface area contributed by atoms with Crippen molar-refractivity contribution in [1.29, 1.82) is 0 Å². The van der Waals surface area contributed by atoms with Crippen LogP contribution in [0.4, 0.5) is 0 Å². The maximum absolute atomic E-state index is 13.6. The van der Waals surface area contributed by atoms with E-state index in [1.807, 2.05) is 85.8 Å². The number of benzene rings is 4. The molecule has 38 heavy (non-hydrogen) atoms. The first-order valence-electron chi connectivity index (χ1n) is 12.7. The maximum Gasteiger partial charge on any atom is 0.266 e. The highest BCUT2D eigenvalue weighted by atomic mass is 32.2. The zero-order chi connectivity index (χ0) is 26.3. The average Bonchev–Trinajstić information content (AvgIpc) is 2.97. The van der Waals surface area contributed by atoms with Crippen molar-refractivity contribution in [3.63, 3.8) is 0 Å². The summed E-state index contributed by atoms with van der Waals surface area (Å²) in [6, 6.07) is 29.7. The third-order valence-corrected chi connectivity index (χ3v) is 9.33. The van der Waals surface area contributed by atoms with Crippen LogP contribution in [0.15, 0.2) is 107 Å². The van der Waals surface area contributed by atoms with Gasteiger partial charge in [-0.3, -0.25) is 14.3 Å². The van der Waals surface area contributed by atoms with Crippen molar-refractivity contribution in [2.24, 2.45) is 0 Å². The zero-order valence-corrected chi connectivity index (χ0v) is 21.9. The molecule has 1 saturated heterocycles. The zero-order valence-electron chi connectivity index (χ0n) is 21.1. The summed E-state index contributed by atoms with van der Waals surface area (Å²) < 4.78 is 30.5. The van der Waals surface area contributed by atoms with Crippen molar-refractivity contribution in [2.45, 2.75) is 17.9 Å². The van der Waals surface area contributed by atoms with Crippen molar-refractivity contribution in [3.05, 3.63) is 113 Å². The Morgan fingerprint density at radius 1 is 0.737 bits per heavy atom. The van der Waals surface area contributed by atoms with Gasteiger partial charge < -0.3 is 0 Å². The van der Waals surface area contributed by atoms with Crippen LogP contribution in [-0.4, -0.2) is 53.4 Å². The van der Waals surface area contributed by atoms with Crippen LogP contribution in [0.3, 0.4) is 0 Å². The molecular weight excluding hydrogens is 496 g/mol. The van der Waals surface area contributed by atoms with Gasteiger partial charge in [-0.1, -0.05) is 66.7 Å². The molecule has 0 radical (unpaired) electrons. The highest BCUT2D eigenvalue weighted by molar-refractivity contribution is 7.89. The van der Waals surface area contributed by atoms with Crippen LogP contribution in [0.25, 0.3) is 27.4 Å². The molecule has 1 atom stereocenters. The summed E-state index contributed by atoms with van der Waals surface area (Å²) in [5.41, 5.74) is 1.30. The Hall–Kier alpha value is -3.85. The highest BCUT2D eigenvalue weighted by Gasteiger charge is 2.32. The summed E-state index contributed by atoms with van der Waals surface area (Å²) in [5, 5.41) is 2.21. The molecule has 192 valence electrons. The van der Waals surface area contributed by atoms with E-state index in [1.165, 1.54) is 0 Å². The molecule has 0 N–H and O–H groups in total. The fraction of sp³-hybridized carbons (Fsp3) is 0.200. The molecule has 8 heteroatoms. The lowest BCUT2D eigenvalue weighted by Crippen LogP contribution is -2.49. The Morgan fingerprint density at radius 3 is 2.13 bits per heavy atom. The third-order valence-electron chi connectivity index (χ3n) is 7.38. The van der Waals surface area contributed by atoms with Gasteiger partial charge in [-0.2, -0.15) is 4.31 Å². The molecule has 1 unspecified atom stereocenters. The van der Waals surface area contributed by atoms with Crippen molar-refractivity contribution < 1.29 is 8.42 Å². The van der Waals surface area contributed by atoms with E-state index in [2.05, 4.69) is 4.90 Å². The Morgan fingerprint density at radius 2 is 1.37 bits per heavy atom. The first kappa shape index (κ1) is 24.5. The first-order chi connectivity index (χ1) is 18.4. The number of sulfonamides is 1. The average molecular weight is 525 g/mol. The molecule has 4 aromatic carbocycles. The predicted octanol–water partition coefficient (Wildman–Crippen LogP) is 4.61. The minimum absolute atomic E-state index is 0.110. The van der Waals surface area contributed by atoms with Crippen LogP contribution in [0, 0.1) is 0 Å². The number of nitrogens with zero attached hydrogens (tertiary/aromatic N) is 4. The number of aromatic nitrogens is 2. The Balaban J connectivity index is 1.31. The summed E-state index contributed by atoms with van der Waals surface area (Å²) in [5.74, 6) is 0.644. The van der Waals surface area contributed by atoms with Crippen LogP contribution in [-0.2, 0) is 10.0 Å². The second-order valence-corrected chi connectivity index (χ2v) is 11.5. The first-order valence-corrected chi connectivity index (χ1v) is 14.2. The minimum Gasteiger partial charge on any atom is -0.291 e. The highest BCUT2D eigenvalue weighted by Crippen LogP contribution is 2.28. The van der Waals surface area contributed by atoms with Gasteiger partial charge in [0.25, 0.3) is 5.56 Å². The van der Waals surface area contributed by atoms with Crippen LogP contribution in [0.1, 0.15) is 18.8 Å². The molecule has 6 rings (SSSR count). The number of piperazine rings is 1. The van der Waals surface area contributed by atoms with Crippen molar-refractivity contribution >= 4 is 31.7 Å². The van der Waals surface area contributed by atoms with Gasteiger partial charge in [0.2, 0.25) is 10.0 Å². The number of rotatable bonds is 5. The lowest BCUT2D eigenvalue weighted by atomic mass is 10.1. The fourth-order valence-corrected chi connectivity index (χ4v) is 6.95. The molecule has 2 heterocycles. The minimum atomic E-state index is -3.65. The smallest absolute Gasteiger partial charge is 0.266 e. The largest absolute Gasteiger partial charge is 0.291 e. The quantitative estimate of drug-likeness (QED) is 0.336. The molecule has 1 aliphatic rings. The second kappa shape index (κ2) is 9.79. The monoisotopic (exact) mass is 524 g/mol. The second-order valence-electron chi connectivity index (χ2n) is 9.56. The molecule has 0 amide bonds. The number of hydrogen-bond donors (Lipinski definition) is 0. The Bertz CT molecular complexity index is 1790. The van der Waals surface area contributed by atoms with E-state index in [1.54, 1.807) is 27.1 Å². The molecular formula is C30H28N4O3S.